The van der Waals surface area contributed by atoms with E-state index in [0.717, 1.165) is 11.4 Å². The normalized spacial score (nSPS) is 10.7. The molecule has 2 heterocycles. The number of thiazole rings is 1. The van der Waals surface area contributed by atoms with Crippen LogP contribution in [0.1, 0.15) is 21.1 Å². The van der Waals surface area contributed by atoms with Gasteiger partial charge in [0.05, 0.1) is 12.8 Å². The molecular weight excluding hydrogens is 324 g/mol. The molecule has 0 radical (unpaired) electrons. The number of ether oxygens (including phenoxy) is 1. The van der Waals surface area contributed by atoms with E-state index in [0.29, 0.717) is 24.7 Å². The topological polar surface area (TPSA) is 69.0 Å². The first-order chi connectivity index (χ1) is 11.8. The Bertz CT molecular complexity index is 798. The van der Waals surface area contributed by atoms with E-state index in [2.05, 4.69) is 27.5 Å². The van der Waals surface area contributed by atoms with Gasteiger partial charge in [0.15, 0.2) is 0 Å². The lowest BCUT2D eigenvalue weighted by atomic mass is 10.1. The smallest absolute Gasteiger partial charge is 0.276 e. The molecule has 1 aromatic carbocycles. The summed E-state index contributed by atoms with van der Waals surface area (Å²) in [6.45, 7) is 1.10. The van der Waals surface area contributed by atoms with E-state index in [1.807, 2.05) is 18.2 Å². The van der Waals surface area contributed by atoms with Crippen LogP contribution in [0.2, 0.25) is 0 Å². The van der Waals surface area contributed by atoms with Gasteiger partial charge in [0.1, 0.15) is 16.5 Å². The molecule has 0 unspecified atom stereocenters. The molecule has 0 bridgehead atoms. The van der Waals surface area contributed by atoms with E-state index < -0.39 is 0 Å². The molecular formula is C17H18N4O2S. The number of methoxy groups -OCH3 is 1. The maximum absolute atomic E-state index is 12.3. The number of nitrogens with one attached hydrogen (secondary N) is 1. The van der Waals surface area contributed by atoms with E-state index >= 15 is 0 Å². The zero-order valence-corrected chi connectivity index (χ0v) is 14.1. The summed E-state index contributed by atoms with van der Waals surface area (Å²) in [4.78, 5) is 16.6. The molecule has 0 saturated heterocycles. The van der Waals surface area contributed by atoms with E-state index in [1.54, 1.807) is 29.4 Å². The maximum Gasteiger partial charge on any atom is 0.276 e. The molecule has 124 valence electrons. The van der Waals surface area contributed by atoms with Gasteiger partial charge in [-0.3, -0.25) is 4.79 Å². The predicted octanol–water partition coefficient (Wildman–Crippen LogP) is 2.98. The van der Waals surface area contributed by atoms with Crippen molar-refractivity contribution in [1.82, 2.24) is 14.8 Å². The van der Waals surface area contributed by atoms with Crippen molar-refractivity contribution in [2.24, 2.45) is 0 Å². The summed E-state index contributed by atoms with van der Waals surface area (Å²) in [7, 11) is 1.60. The molecule has 0 saturated carbocycles. The number of anilines is 1. The SMILES string of the molecule is COCc1nc(C(=O)Nc2ccnn2CCc2ccccc2)cs1. The van der Waals surface area contributed by atoms with E-state index in [-0.39, 0.29) is 5.91 Å². The third-order valence-electron chi connectivity index (χ3n) is 3.47. The first kappa shape index (κ1) is 16.4. The Morgan fingerprint density at radius 3 is 2.92 bits per heavy atom. The minimum absolute atomic E-state index is 0.241. The number of amides is 1. The van der Waals surface area contributed by atoms with Crippen LogP contribution in [0.4, 0.5) is 5.82 Å². The van der Waals surface area contributed by atoms with Gasteiger partial charge in [-0.25, -0.2) is 9.67 Å². The highest BCUT2D eigenvalue weighted by Crippen LogP contribution is 2.14. The molecule has 7 heteroatoms. The lowest BCUT2D eigenvalue weighted by molar-refractivity contribution is 0.102. The molecule has 1 N–H and O–H groups in total. The van der Waals surface area contributed by atoms with Gasteiger partial charge in [0, 0.05) is 25.1 Å². The second kappa shape index (κ2) is 7.85. The molecule has 0 spiro atoms. The van der Waals surface area contributed by atoms with Gasteiger partial charge in [0.25, 0.3) is 5.91 Å². The van der Waals surface area contributed by atoms with Crippen molar-refractivity contribution in [3.8, 4) is 0 Å². The fourth-order valence-corrected chi connectivity index (χ4v) is 3.03. The Kier molecular flexibility index (Phi) is 5.35. The Morgan fingerprint density at radius 2 is 2.12 bits per heavy atom. The van der Waals surface area contributed by atoms with Crippen molar-refractivity contribution in [3.63, 3.8) is 0 Å². The summed E-state index contributed by atoms with van der Waals surface area (Å²) in [6.07, 6.45) is 2.53. The minimum atomic E-state index is -0.241. The van der Waals surface area contributed by atoms with Crippen molar-refractivity contribution in [2.45, 2.75) is 19.6 Å². The van der Waals surface area contributed by atoms with Crippen molar-refractivity contribution >= 4 is 23.1 Å². The van der Waals surface area contributed by atoms with Crippen LogP contribution in [-0.2, 0) is 24.3 Å². The highest BCUT2D eigenvalue weighted by molar-refractivity contribution is 7.09. The minimum Gasteiger partial charge on any atom is -0.378 e. The number of aryl methyl sites for hydroxylation is 2. The zero-order valence-electron chi connectivity index (χ0n) is 13.3. The molecule has 0 fully saturated rings. The van der Waals surface area contributed by atoms with Crippen molar-refractivity contribution in [3.05, 3.63) is 64.2 Å². The molecule has 0 aliphatic rings. The van der Waals surface area contributed by atoms with Gasteiger partial charge in [-0.05, 0) is 12.0 Å². The van der Waals surface area contributed by atoms with Gasteiger partial charge in [0.2, 0.25) is 0 Å². The Balaban J connectivity index is 1.63. The number of hydrogen-bond acceptors (Lipinski definition) is 5. The predicted molar refractivity (Wildman–Crippen MR) is 93.2 cm³/mol. The lowest BCUT2D eigenvalue weighted by Crippen LogP contribution is -2.17. The number of hydrogen-bond donors (Lipinski definition) is 1. The fraction of sp³-hybridized carbons (Fsp3) is 0.235. The summed E-state index contributed by atoms with van der Waals surface area (Å²) in [5.74, 6) is 0.423. The van der Waals surface area contributed by atoms with Crippen LogP contribution < -0.4 is 5.32 Å². The number of rotatable bonds is 7. The standard InChI is InChI=1S/C17H18N4O2S/c1-23-11-16-19-14(12-24-16)17(22)20-15-7-9-18-21(15)10-8-13-5-3-2-4-6-13/h2-7,9,12H,8,10-11H2,1H3,(H,20,22). The average molecular weight is 342 g/mol. The molecule has 0 atom stereocenters. The largest absolute Gasteiger partial charge is 0.378 e. The van der Waals surface area contributed by atoms with Crippen LogP contribution in [0, 0.1) is 0 Å². The molecule has 0 aliphatic heterocycles. The van der Waals surface area contributed by atoms with E-state index in [4.69, 9.17) is 4.74 Å². The van der Waals surface area contributed by atoms with Crippen LogP contribution in [0.15, 0.2) is 48.0 Å². The van der Waals surface area contributed by atoms with E-state index in [1.165, 1.54) is 16.9 Å². The Labute approximate surface area is 144 Å². The molecule has 1 amide bonds. The van der Waals surface area contributed by atoms with Crippen LogP contribution in [0.3, 0.4) is 0 Å². The van der Waals surface area contributed by atoms with Crippen molar-refractivity contribution in [2.75, 3.05) is 12.4 Å². The van der Waals surface area contributed by atoms with Crippen LogP contribution in [-0.4, -0.2) is 27.8 Å². The van der Waals surface area contributed by atoms with Gasteiger partial charge in [-0.15, -0.1) is 11.3 Å². The second-order valence-corrected chi connectivity index (χ2v) is 6.13. The summed E-state index contributed by atoms with van der Waals surface area (Å²) >= 11 is 1.41. The average Bonchev–Trinajstić information content (AvgIpc) is 3.24. The molecule has 2 aromatic heterocycles. The number of carbonyl (C=O) groups excluding carboxylic acids is 1. The van der Waals surface area contributed by atoms with E-state index in [9.17, 15) is 4.79 Å². The van der Waals surface area contributed by atoms with Crippen LogP contribution in [0.25, 0.3) is 0 Å². The second-order valence-electron chi connectivity index (χ2n) is 5.19. The summed E-state index contributed by atoms with van der Waals surface area (Å²) < 4.78 is 6.81. The molecule has 3 aromatic rings. The summed E-state index contributed by atoms with van der Waals surface area (Å²) in [5, 5.41) is 9.65. The molecule has 0 aliphatic carbocycles. The van der Waals surface area contributed by atoms with Gasteiger partial charge >= 0.3 is 0 Å². The van der Waals surface area contributed by atoms with Crippen LogP contribution >= 0.6 is 11.3 Å². The Hall–Kier alpha value is -2.51. The summed E-state index contributed by atoms with van der Waals surface area (Å²) in [5.41, 5.74) is 1.62. The Morgan fingerprint density at radius 1 is 1.29 bits per heavy atom. The number of nitrogens with zero attached hydrogens (tertiary/aromatic N) is 3. The third kappa shape index (κ3) is 4.06. The molecule has 24 heavy (non-hydrogen) atoms. The van der Waals surface area contributed by atoms with Crippen molar-refractivity contribution < 1.29 is 9.53 Å². The molecule has 6 nitrogen and oxygen atoms in total. The lowest BCUT2D eigenvalue weighted by Gasteiger charge is -2.08. The van der Waals surface area contributed by atoms with Crippen molar-refractivity contribution in [1.29, 1.82) is 0 Å². The molecule has 3 rings (SSSR count). The summed E-state index contributed by atoms with van der Waals surface area (Å²) in [6, 6.07) is 12.0. The quantitative estimate of drug-likeness (QED) is 0.717. The fourth-order valence-electron chi connectivity index (χ4n) is 2.28. The number of benzene rings is 1. The van der Waals surface area contributed by atoms with Crippen LogP contribution in [0.5, 0.6) is 0 Å². The number of aromatic nitrogens is 3. The van der Waals surface area contributed by atoms with Gasteiger partial charge in [-0.2, -0.15) is 5.10 Å². The first-order valence-electron chi connectivity index (χ1n) is 7.56. The maximum atomic E-state index is 12.3. The highest BCUT2D eigenvalue weighted by atomic mass is 32.1. The number of carbonyl (C=O) groups is 1. The first-order valence-corrected chi connectivity index (χ1v) is 8.44. The third-order valence-corrected chi connectivity index (χ3v) is 4.29. The zero-order chi connectivity index (χ0) is 16.8. The van der Waals surface area contributed by atoms with Gasteiger partial charge < -0.3 is 10.1 Å². The van der Waals surface area contributed by atoms with Gasteiger partial charge in [-0.1, -0.05) is 30.3 Å². The monoisotopic (exact) mass is 342 g/mol. The highest BCUT2D eigenvalue weighted by Gasteiger charge is 2.13.